The summed E-state index contributed by atoms with van der Waals surface area (Å²) in [6, 6.07) is 9.12. The van der Waals surface area contributed by atoms with Crippen molar-refractivity contribution in [3.63, 3.8) is 0 Å². The van der Waals surface area contributed by atoms with E-state index >= 15 is 0 Å². The molecule has 0 saturated heterocycles. The first-order chi connectivity index (χ1) is 11.2. The Labute approximate surface area is 136 Å². The van der Waals surface area contributed by atoms with E-state index < -0.39 is 0 Å². The average molecular weight is 304 g/mol. The zero-order chi connectivity index (χ0) is 16.0. The fraction of sp³-hybridized carbons (Fsp3) is 0.250. The molecule has 0 atom stereocenters. The number of aliphatic hydroxyl groups is 1. The number of anilines is 1. The van der Waals surface area contributed by atoms with Crippen LogP contribution in [0.1, 0.15) is 24.0 Å². The predicted molar refractivity (Wildman–Crippen MR) is 94.1 cm³/mol. The molecule has 116 valence electrons. The summed E-state index contributed by atoms with van der Waals surface area (Å²) in [5.74, 6) is 0. The van der Waals surface area contributed by atoms with Crippen LogP contribution in [0, 0.1) is 6.92 Å². The minimum atomic E-state index is 0.0376. The number of hydrogen-bond donors (Lipinski definition) is 1. The number of fused-ring (bicyclic) bond motifs is 1. The summed E-state index contributed by atoms with van der Waals surface area (Å²) < 4.78 is 0. The highest BCUT2D eigenvalue weighted by Gasteiger charge is 2.34. The van der Waals surface area contributed by atoms with Crippen LogP contribution in [-0.2, 0) is 0 Å². The minimum absolute atomic E-state index is 0.0376. The maximum absolute atomic E-state index is 9.68. The molecule has 0 amide bonds. The Hall–Kier alpha value is -2.39. The standard InChI is InChI=1S/C20H20N2O/c1-13-7-16(11-21-10-13)15-3-6-19-17(12-23)8-14(2)22(18-4-5-18)20(19)9-15/h3,6-11,18,23H,2,4-5,12H2,1H3. The second kappa shape index (κ2) is 5.36. The van der Waals surface area contributed by atoms with E-state index in [9.17, 15) is 5.11 Å². The number of benzene rings is 1. The Bertz CT molecular complexity index is 818. The fourth-order valence-corrected chi connectivity index (χ4v) is 3.29. The minimum Gasteiger partial charge on any atom is -0.392 e. The first-order valence-corrected chi connectivity index (χ1v) is 8.03. The molecule has 1 saturated carbocycles. The maximum atomic E-state index is 9.68. The number of aromatic nitrogens is 1. The van der Waals surface area contributed by atoms with Crippen LogP contribution < -0.4 is 4.90 Å². The molecule has 2 aliphatic rings. The number of hydrogen-bond acceptors (Lipinski definition) is 3. The molecule has 1 N–H and O–H groups in total. The van der Waals surface area contributed by atoms with Gasteiger partial charge < -0.3 is 10.0 Å². The molecule has 0 radical (unpaired) electrons. The van der Waals surface area contributed by atoms with Crippen molar-refractivity contribution in [2.45, 2.75) is 25.8 Å². The SMILES string of the molecule is C=C1C=C(CO)c2ccc(-c3cncc(C)c3)cc2N1C1CC1. The summed E-state index contributed by atoms with van der Waals surface area (Å²) >= 11 is 0. The van der Waals surface area contributed by atoms with Crippen LogP contribution >= 0.6 is 0 Å². The van der Waals surface area contributed by atoms with E-state index in [-0.39, 0.29) is 6.61 Å². The molecule has 1 aliphatic heterocycles. The Morgan fingerprint density at radius 3 is 2.74 bits per heavy atom. The van der Waals surface area contributed by atoms with Gasteiger partial charge in [0.05, 0.1) is 6.61 Å². The van der Waals surface area contributed by atoms with Gasteiger partial charge in [-0.15, -0.1) is 0 Å². The van der Waals surface area contributed by atoms with Crippen LogP contribution in [0.25, 0.3) is 16.7 Å². The van der Waals surface area contributed by atoms with Gasteiger partial charge in [0.2, 0.25) is 0 Å². The van der Waals surface area contributed by atoms with Crippen LogP contribution in [-0.4, -0.2) is 22.7 Å². The Kier molecular flexibility index (Phi) is 3.31. The van der Waals surface area contributed by atoms with Crippen LogP contribution in [0.4, 0.5) is 5.69 Å². The van der Waals surface area contributed by atoms with Gasteiger partial charge in [-0.2, -0.15) is 0 Å². The third-order valence-corrected chi connectivity index (χ3v) is 4.54. The molecule has 1 fully saturated rings. The number of aryl methyl sites for hydroxylation is 1. The van der Waals surface area contributed by atoms with E-state index in [1.165, 1.54) is 12.8 Å². The highest BCUT2D eigenvalue weighted by atomic mass is 16.3. The van der Waals surface area contributed by atoms with E-state index in [0.717, 1.165) is 39.2 Å². The van der Waals surface area contributed by atoms with Crippen LogP contribution in [0.2, 0.25) is 0 Å². The number of pyridine rings is 1. The molecule has 1 aromatic heterocycles. The van der Waals surface area contributed by atoms with Gasteiger partial charge in [-0.05, 0) is 54.7 Å². The molecule has 1 aliphatic carbocycles. The van der Waals surface area contributed by atoms with Gasteiger partial charge in [-0.25, -0.2) is 0 Å². The predicted octanol–water partition coefficient (Wildman–Crippen LogP) is 3.93. The van der Waals surface area contributed by atoms with Crippen molar-refractivity contribution < 1.29 is 5.11 Å². The highest BCUT2D eigenvalue weighted by molar-refractivity contribution is 5.87. The molecular formula is C20H20N2O. The monoisotopic (exact) mass is 304 g/mol. The lowest BCUT2D eigenvalue weighted by Gasteiger charge is -2.32. The van der Waals surface area contributed by atoms with Gasteiger partial charge in [-0.1, -0.05) is 18.7 Å². The molecule has 23 heavy (non-hydrogen) atoms. The lowest BCUT2D eigenvalue weighted by molar-refractivity contribution is 0.350. The van der Waals surface area contributed by atoms with Crippen LogP contribution in [0.15, 0.2) is 55.0 Å². The summed E-state index contributed by atoms with van der Waals surface area (Å²) in [5.41, 5.74) is 7.60. The Morgan fingerprint density at radius 2 is 2.04 bits per heavy atom. The van der Waals surface area contributed by atoms with E-state index in [2.05, 4.69) is 47.7 Å². The summed E-state index contributed by atoms with van der Waals surface area (Å²) in [4.78, 5) is 6.62. The molecule has 3 heteroatoms. The maximum Gasteiger partial charge on any atom is 0.0689 e. The molecule has 0 bridgehead atoms. The second-order valence-corrected chi connectivity index (χ2v) is 6.40. The number of rotatable bonds is 3. The van der Waals surface area contributed by atoms with Gasteiger partial charge in [-0.3, -0.25) is 4.98 Å². The van der Waals surface area contributed by atoms with Crippen molar-refractivity contribution in [2.24, 2.45) is 0 Å². The van der Waals surface area contributed by atoms with E-state index in [4.69, 9.17) is 0 Å². The van der Waals surface area contributed by atoms with Gasteiger partial charge in [0.25, 0.3) is 0 Å². The Balaban J connectivity index is 1.85. The van der Waals surface area contributed by atoms with Crippen molar-refractivity contribution in [3.05, 3.63) is 66.1 Å². The second-order valence-electron chi connectivity index (χ2n) is 6.40. The first-order valence-electron chi connectivity index (χ1n) is 8.03. The van der Waals surface area contributed by atoms with Gasteiger partial charge >= 0.3 is 0 Å². The highest BCUT2D eigenvalue weighted by Crippen LogP contribution is 2.43. The van der Waals surface area contributed by atoms with Gasteiger partial charge in [0, 0.05) is 40.9 Å². The molecule has 2 heterocycles. The summed E-state index contributed by atoms with van der Waals surface area (Å²) in [6.07, 6.45) is 8.19. The van der Waals surface area contributed by atoms with Crippen molar-refractivity contribution in [3.8, 4) is 11.1 Å². The summed E-state index contributed by atoms with van der Waals surface area (Å²) in [5, 5.41) is 9.68. The number of allylic oxidation sites excluding steroid dienone is 1. The van der Waals surface area contributed by atoms with Crippen LogP contribution in [0.3, 0.4) is 0 Å². The quantitative estimate of drug-likeness (QED) is 0.933. The lowest BCUT2D eigenvalue weighted by atomic mass is 9.94. The normalized spacial score (nSPS) is 17.0. The topological polar surface area (TPSA) is 36.4 Å². The van der Waals surface area contributed by atoms with E-state index in [0.29, 0.717) is 6.04 Å². The summed E-state index contributed by atoms with van der Waals surface area (Å²) in [7, 11) is 0. The summed E-state index contributed by atoms with van der Waals surface area (Å²) in [6.45, 7) is 6.29. The van der Waals surface area contributed by atoms with Crippen molar-refractivity contribution >= 4 is 11.3 Å². The average Bonchev–Trinajstić information content (AvgIpc) is 3.38. The largest absolute Gasteiger partial charge is 0.392 e. The third kappa shape index (κ3) is 2.47. The first kappa shape index (κ1) is 14.2. The number of nitrogens with zero attached hydrogens (tertiary/aromatic N) is 2. The van der Waals surface area contributed by atoms with E-state index in [1.54, 1.807) is 0 Å². The molecule has 0 unspecified atom stereocenters. The molecular weight excluding hydrogens is 284 g/mol. The van der Waals surface area contributed by atoms with Gasteiger partial charge in [0.15, 0.2) is 0 Å². The zero-order valence-electron chi connectivity index (χ0n) is 13.3. The van der Waals surface area contributed by atoms with E-state index in [1.807, 2.05) is 18.5 Å². The third-order valence-electron chi connectivity index (χ3n) is 4.54. The zero-order valence-corrected chi connectivity index (χ0v) is 13.3. The van der Waals surface area contributed by atoms with Crippen molar-refractivity contribution in [2.75, 3.05) is 11.5 Å². The smallest absolute Gasteiger partial charge is 0.0689 e. The lowest BCUT2D eigenvalue weighted by Crippen LogP contribution is -2.27. The molecule has 3 nitrogen and oxygen atoms in total. The molecule has 0 spiro atoms. The molecule has 4 rings (SSSR count). The van der Waals surface area contributed by atoms with Gasteiger partial charge in [0.1, 0.15) is 0 Å². The van der Waals surface area contributed by atoms with Crippen molar-refractivity contribution in [1.29, 1.82) is 0 Å². The van der Waals surface area contributed by atoms with Crippen molar-refractivity contribution in [1.82, 2.24) is 4.98 Å². The van der Waals surface area contributed by atoms with Crippen LogP contribution in [0.5, 0.6) is 0 Å². The Morgan fingerprint density at radius 1 is 1.22 bits per heavy atom. The molecule has 1 aromatic carbocycles. The fourth-order valence-electron chi connectivity index (χ4n) is 3.29. The molecule has 2 aromatic rings. The number of aliphatic hydroxyl groups excluding tert-OH is 1.